The molecule has 6 heteroatoms. The highest BCUT2D eigenvalue weighted by atomic mass is 16.5. The molecule has 1 aliphatic carbocycles. The third kappa shape index (κ3) is 4.06. The minimum atomic E-state index is -0.900. The van der Waals surface area contributed by atoms with Gasteiger partial charge in [-0.15, -0.1) is 0 Å². The fourth-order valence-corrected chi connectivity index (χ4v) is 6.39. The van der Waals surface area contributed by atoms with Crippen molar-refractivity contribution in [3.8, 4) is 16.9 Å². The number of aryl methyl sites for hydroxylation is 1. The number of hydrogen-bond donors (Lipinski definition) is 1. The minimum absolute atomic E-state index is 0.0877. The number of aromatic nitrogens is 2. The van der Waals surface area contributed by atoms with E-state index in [4.69, 9.17) is 9.72 Å². The van der Waals surface area contributed by atoms with Crippen LogP contribution in [-0.4, -0.2) is 27.2 Å². The van der Waals surface area contributed by atoms with Crippen molar-refractivity contribution >= 4 is 27.8 Å². The Kier molecular flexibility index (Phi) is 5.92. The van der Waals surface area contributed by atoms with Crippen LogP contribution in [-0.2, 0) is 24.2 Å². The van der Waals surface area contributed by atoms with Gasteiger partial charge in [-0.1, -0.05) is 30.7 Å². The van der Waals surface area contributed by atoms with Crippen molar-refractivity contribution in [1.29, 1.82) is 0 Å². The van der Waals surface area contributed by atoms with Gasteiger partial charge in [0, 0.05) is 35.0 Å². The van der Waals surface area contributed by atoms with Gasteiger partial charge in [-0.25, -0.2) is 0 Å². The molecule has 3 aromatic carbocycles. The second-order valence-electron chi connectivity index (χ2n) is 11.1. The van der Waals surface area contributed by atoms with Gasteiger partial charge in [0.1, 0.15) is 5.75 Å². The Morgan fingerprint density at radius 2 is 1.90 bits per heavy atom. The molecule has 1 fully saturated rings. The SMILES string of the molecule is Cc1cc2c(ccc(=O)n2Cc2ccc(C3CCC3)cc2)c(-c2ccc3c4c(ccnc24)CCO3)c1CC(=O)O. The summed E-state index contributed by atoms with van der Waals surface area (Å²) in [6, 6.07) is 20.0. The molecule has 7 rings (SSSR count). The van der Waals surface area contributed by atoms with Gasteiger partial charge in [0.25, 0.3) is 5.56 Å². The minimum Gasteiger partial charge on any atom is -0.493 e. The molecular formula is C34H30N2O4. The fraction of sp³-hybridized carbons (Fsp3) is 0.265. The molecule has 3 heterocycles. The van der Waals surface area contributed by atoms with Crippen molar-refractivity contribution < 1.29 is 14.6 Å². The van der Waals surface area contributed by atoms with Gasteiger partial charge in [-0.05, 0) is 89.4 Å². The highest BCUT2D eigenvalue weighted by Gasteiger charge is 2.23. The number of rotatable bonds is 6. The number of carboxylic acids is 1. The third-order valence-corrected chi connectivity index (χ3v) is 8.69. The zero-order chi connectivity index (χ0) is 27.4. The zero-order valence-corrected chi connectivity index (χ0v) is 22.4. The number of carbonyl (C=O) groups is 1. The molecule has 0 radical (unpaired) electrons. The molecule has 0 spiro atoms. The number of fused-ring (bicyclic) bond motifs is 1. The molecule has 1 saturated carbocycles. The van der Waals surface area contributed by atoms with E-state index in [9.17, 15) is 14.7 Å². The number of aliphatic carboxylic acids is 1. The molecule has 0 unspecified atom stereocenters. The summed E-state index contributed by atoms with van der Waals surface area (Å²) in [4.78, 5) is 30.1. The second-order valence-corrected chi connectivity index (χ2v) is 11.1. The molecular weight excluding hydrogens is 500 g/mol. The summed E-state index contributed by atoms with van der Waals surface area (Å²) >= 11 is 0. The van der Waals surface area contributed by atoms with Crippen LogP contribution < -0.4 is 10.3 Å². The lowest BCUT2D eigenvalue weighted by Crippen LogP contribution is -2.21. The summed E-state index contributed by atoms with van der Waals surface area (Å²) in [7, 11) is 0. The topological polar surface area (TPSA) is 81.4 Å². The summed E-state index contributed by atoms with van der Waals surface area (Å²) in [6.45, 7) is 2.99. The average Bonchev–Trinajstić information content (AvgIpc) is 2.92. The molecule has 2 aromatic heterocycles. The standard InChI is InChI=1S/C34H30N2O4/c1-20-17-28-25(10-12-30(37)36(28)19-21-5-7-23(8-6-21)22-3-2-4-22)33(27(20)18-31(38)39)26-9-11-29-32-24(14-16-40-29)13-15-35-34(26)32/h5-13,15,17,22H,2-4,14,16,18-19H2,1H3,(H,38,39). The number of benzene rings is 3. The van der Waals surface area contributed by atoms with Crippen LogP contribution in [0.2, 0.25) is 0 Å². The Hall–Kier alpha value is -4.45. The van der Waals surface area contributed by atoms with Gasteiger partial charge in [-0.2, -0.15) is 0 Å². The lowest BCUT2D eigenvalue weighted by atomic mass is 9.80. The summed E-state index contributed by atoms with van der Waals surface area (Å²) in [5, 5.41) is 11.7. The normalized spacial score (nSPS) is 14.7. The molecule has 0 amide bonds. The largest absolute Gasteiger partial charge is 0.493 e. The molecule has 5 aromatic rings. The lowest BCUT2D eigenvalue weighted by molar-refractivity contribution is -0.136. The Balaban J connectivity index is 1.45. The van der Waals surface area contributed by atoms with Gasteiger partial charge < -0.3 is 14.4 Å². The molecule has 0 atom stereocenters. The van der Waals surface area contributed by atoms with Crippen LogP contribution in [0.15, 0.2) is 71.7 Å². The van der Waals surface area contributed by atoms with Crippen molar-refractivity contribution in [2.24, 2.45) is 0 Å². The molecule has 1 aliphatic heterocycles. The van der Waals surface area contributed by atoms with Crippen LogP contribution in [0.5, 0.6) is 5.75 Å². The predicted octanol–water partition coefficient (Wildman–Crippen LogP) is 6.40. The van der Waals surface area contributed by atoms with Crippen LogP contribution >= 0.6 is 0 Å². The maximum absolute atomic E-state index is 13.3. The second kappa shape index (κ2) is 9.63. The van der Waals surface area contributed by atoms with Gasteiger partial charge in [0.05, 0.1) is 30.6 Å². The molecule has 0 bridgehead atoms. The highest BCUT2D eigenvalue weighted by molar-refractivity contribution is 6.08. The first-order chi connectivity index (χ1) is 19.5. The smallest absolute Gasteiger partial charge is 0.307 e. The monoisotopic (exact) mass is 530 g/mol. The molecule has 0 saturated heterocycles. The number of hydrogen-bond acceptors (Lipinski definition) is 4. The number of carboxylic acid groups (broad SMARTS) is 1. The van der Waals surface area contributed by atoms with Gasteiger partial charge in [0.15, 0.2) is 0 Å². The first kappa shape index (κ1) is 24.6. The maximum atomic E-state index is 13.3. The van der Waals surface area contributed by atoms with E-state index in [0.29, 0.717) is 19.1 Å². The summed E-state index contributed by atoms with van der Waals surface area (Å²) in [6.07, 6.45) is 6.28. The summed E-state index contributed by atoms with van der Waals surface area (Å²) < 4.78 is 7.75. The van der Waals surface area contributed by atoms with E-state index in [-0.39, 0.29) is 12.0 Å². The number of ether oxygens (including phenoxy) is 1. The van der Waals surface area contributed by atoms with Crippen molar-refractivity contribution in [1.82, 2.24) is 9.55 Å². The quantitative estimate of drug-likeness (QED) is 0.275. The van der Waals surface area contributed by atoms with Gasteiger partial charge in [-0.3, -0.25) is 14.6 Å². The molecule has 200 valence electrons. The van der Waals surface area contributed by atoms with Crippen LogP contribution in [0.3, 0.4) is 0 Å². The van der Waals surface area contributed by atoms with E-state index in [2.05, 4.69) is 24.3 Å². The Morgan fingerprint density at radius 1 is 1.07 bits per heavy atom. The Bertz CT molecular complexity index is 1860. The predicted molar refractivity (Wildman–Crippen MR) is 156 cm³/mol. The van der Waals surface area contributed by atoms with E-state index in [1.807, 2.05) is 43.5 Å². The molecule has 40 heavy (non-hydrogen) atoms. The van der Waals surface area contributed by atoms with Crippen molar-refractivity contribution in [3.63, 3.8) is 0 Å². The van der Waals surface area contributed by atoms with Crippen LogP contribution in [0.1, 0.15) is 53.0 Å². The van der Waals surface area contributed by atoms with E-state index in [1.165, 1.54) is 30.4 Å². The fourth-order valence-electron chi connectivity index (χ4n) is 6.39. The third-order valence-electron chi connectivity index (χ3n) is 8.69. The number of nitrogens with zero attached hydrogens (tertiary/aromatic N) is 2. The van der Waals surface area contributed by atoms with E-state index >= 15 is 0 Å². The van der Waals surface area contributed by atoms with E-state index < -0.39 is 5.97 Å². The zero-order valence-electron chi connectivity index (χ0n) is 22.4. The van der Waals surface area contributed by atoms with E-state index in [0.717, 1.165) is 61.8 Å². The lowest BCUT2D eigenvalue weighted by Gasteiger charge is -2.26. The van der Waals surface area contributed by atoms with Crippen LogP contribution in [0, 0.1) is 6.92 Å². The number of pyridine rings is 2. The molecule has 1 N–H and O–H groups in total. The molecule has 6 nitrogen and oxygen atoms in total. The maximum Gasteiger partial charge on any atom is 0.307 e. The van der Waals surface area contributed by atoms with Crippen molar-refractivity contribution in [3.05, 3.63) is 105 Å². The van der Waals surface area contributed by atoms with Gasteiger partial charge in [0.2, 0.25) is 0 Å². The summed E-state index contributed by atoms with van der Waals surface area (Å²) in [5.74, 6) is 0.558. The Labute approximate surface area is 231 Å². The van der Waals surface area contributed by atoms with E-state index in [1.54, 1.807) is 10.6 Å². The first-order valence-electron chi connectivity index (χ1n) is 14.0. The first-order valence-corrected chi connectivity index (χ1v) is 14.0. The van der Waals surface area contributed by atoms with Crippen LogP contribution in [0.4, 0.5) is 0 Å². The highest BCUT2D eigenvalue weighted by Crippen LogP contribution is 2.42. The van der Waals surface area contributed by atoms with Crippen molar-refractivity contribution in [2.45, 2.75) is 51.5 Å². The van der Waals surface area contributed by atoms with Gasteiger partial charge >= 0.3 is 5.97 Å². The molecule has 2 aliphatic rings. The average molecular weight is 531 g/mol. The van der Waals surface area contributed by atoms with Crippen molar-refractivity contribution in [2.75, 3.05) is 6.61 Å². The Morgan fingerprint density at radius 3 is 2.65 bits per heavy atom. The summed E-state index contributed by atoms with van der Waals surface area (Å²) in [5.41, 5.74) is 8.33. The van der Waals surface area contributed by atoms with Crippen LogP contribution in [0.25, 0.3) is 32.9 Å².